The van der Waals surface area contributed by atoms with Gasteiger partial charge in [0, 0.05) is 16.7 Å². The smallest absolute Gasteiger partial charge is 0.250 e. The molecule has 2 aromatic rings. The Labute approximate surface area is 119 Å². The van der Waals surface area contributed by atoms with Crippen molar-refractivity contribution in [3.8, 4) is 11.3 Å². The van der Waals surface area contributed by atoms with E-state index in [0.29, 0.717) is 11.3 Å². The van der Waals surface area contributed by atoms with E-state index in [2.05, 4.69) is 25.8 Å². The zero-order valence-electron chi connectivity index (χ0n) is 12.4. The molecule has 0 spiro atoms. The molecule has 2 N–H and O–H groups in total. The maximum atomic E-state index is 11.6. The molecule has 104 valence electrons. The van der Waals surface area contributed by atoms with Gasteiger partial charge in [0.15, 0.2) is 0 Å². The fourth-order valence-electron chi connectivity index (χ4n) is 2.01. The minimum atomic E-state index is -0.450. The first kappa shape index (κ1) is 14.3. The molecular weight excluding hydrogens is 248 g/mol. The largest absolute Gasteiger partial charge is 0.366 e. The quantitative estimate of drug-likeness (QED) is 0.906. The number of nitrogens with zero attached hydrogens (tertiary/aromatic N) is 1. The molecule has 0 atom stereocenters. The monoisotopic (exact) mass is 268 g/mol. The summed E-state index contributed by atoms with van der Waals surface area (Å²) in [5.74, 6) is -0.450. The van der Waals surface area contributed by atoms with Crippen molar-refractivity contribution in [3.63, 3.8) is 0 Å². The van der Waals surface area contributed by atoms with Crippen LogP contribution < -0.4 is 5.73 Å². The summed E-state index contributed by atoms with van der Waals surface area (Å²) in [7, 11) is 0. The third-order valence-electron chi connectivity index (χ3n) is 3.25. The van der Waals surface area contributed by atoms with Crippen LogP contribution >= 0.6 is 0 Å². The van der Waals surface area contributed by atoms with Crippen molar-refractivity contribution >= 4 is 5.91 Å². The van der Waals surface area contributed by atoms with E-state index in [9.17, 15) is 4.79 Å². The second-order valence-electron chi connectivity index (χ2n) is 6.07. The number of amides is 1. The highest BCUT2D eigenvalue weighted by molar-refractivity contribution is 5.98. The normalized spacial score (nSPS) is 11.4. The molecule has 0 unspecified atom stereocenters. The van der Waals surface area contributed by atoms with E-state index < -0.39 is 5.91 Å². The van der Waals surface area contributed by atoms with Crippen molar-refractivity contribution in [2.75, 3.05) is 0 Å². The molecule has 0 radical (unpaired) electrons. The van der Waals surface area contributed by atoms with Crippen molar-refractivity contribution in [2.45, 2.75) is 33.1 Å². The highest BCUT2D eigenvalue weighted by Crippen LogP contribution is 2.27. The molecule has 20 heavy (non-hydrogen) atoms. The molecular formula is C17H20N2O. The van der Waals surface area contributed by atoms with Gasteiger partial charge in [0.25, 0.3) is 5.91 Å². The molecule has 3 nitrogen and oxygen atoms in total. The molecule has 1 aromatic carbocycles. The van der Waals surface area contributed by atoms with Crippen LogP contribution in [0.15, 0.2) is 36.4 Å². The summed E-state index contributed by atoms with van der Waals surface area (Å²) in [6, 6.07) is 11.6. The number of aromatic nitrogens is 1. The van der Waals surface area contributed by atoms with Gasteiger partial charge in [-0.2, -0.15) is 0 Å². The lowest BCUT2D eigenvalue weighted by Crippen LogP contribution is -2.18. The zero-order valence-corrected chi connectivity index (χ0v) is 12.4. The van der Waals surface area contributed by atoms with E-state index in [1.165, 1.54) is 5.56 Å². The van der Waals surface area contributed by atoms with Gasteiger partial charge in [-0.15, -0.1) is 0 Å². The highest BCUT2D eigenvalue weighted by Gasteiger charge is 2.19. The molecule has 0 aliphatic rings. The van der Waals surface area contributed by atoms with Crippen LogP contribution in [0.4, 0.5) is 0 Å². The molecule has 0 saturated carbocycles. The maximum absolute atomic E-state index is 11.6. The Bertz CT molecular complexity index is 637. The van der Waals surface area contributed by atoms with Gasteiger partial charge >= 0.3 is 0 Å². The summed E-state index contributed by atoms with van der Waals surface area (Å²) in [6.45, 7) is 8.31. The van der Waals surface area contributed by atoms with Crippen LogP contribution in [-0.2, 0) is 5.41 Å². The topological polar surface area (TPSA) is 56.0 Å². The predicted molar refractivity (Wildman–Crippen MR) is 81.6 cm³/mol. The van der Waals surface area contributed by atoms with Crippen LogP contribution in [0.25, 0.3) is 11.3 Å². The van der Waals surface area contributed by atoms with Crippen molar-refractivity contribution in [1.29, 1.82) is 0 Å². The second kappa shape index (κ2) is 5.08. The first-order valence-corrected chi connectivity index (χ1v) is 6.67. The van der Waals surface area contributed by atoms with E-state index in [1.54, 1.807) is 6.07 Å². The Morgan fingerprint density at radius 2 is 1.65 bits per heavy atom. The SMILES string of the molecule is Cc1ccc(-c2nc(C(C)(C)C)ccc2C(N)=O)cc1. The highest BCUT2D eigenvalue weighted by atomic mass is 16.1. The number of aryl methyl sites for hydroxylation is 1. The maximum Gasteiger partial charge on any atom is 0.250 e. The van der Waals surface area contributed by atoms with Gasteiger partial charge in [-0.1, -0.05) is 50.6 Å². The summed E-state index contributed by atoms with van der Waals surface area (Å²) in [5, 5.41) is 0. The zero-order chi connectivity index (χ0) is 14.9. The third kappa shape index (κ3) is 2.87. The van der Waals surface area contributed by atoms with Crippen LogP contribution in [0.5, 0.6) is 0 Å². The first-order chi connectivity index (χ1) is 9.29. The minimum absolute atomic E-state index is 0.0738. The van der Waals surface area contributed by atoms with Crippen LogP contribution in [0.3, 0.4) is 0 Å². The Hall–Kier alpha value is -2.16. The number of primary amides is 1. The lowest BCUT2D eigenvalue weighted by atomic mass is 9.90. The number of rotatable bonds is 2. The number of hydrogen-bond acceptors (Lipinski definition) is 2. The fourth-order valence-corrected chi connectivity index (χ4v) is 2.01. The predicted octanol–water partition coefficient (Wildman–Crippen LogP) is 3.45. The minimum Gasteiger partial charge on any atom is -0.366 e. The van der Waals surface area contributed by atoms with Crippen molar-refractivity contribution < 1.29 is 4.79 Å². The number of carbonyl (C=O) groups excluding carboxylic acids is 1. The molecule has 1 amide bonds. The number of pyridine rings is 1. The molecule has 1 aromatic heterocycles. The Kier molecular flexibility index (Phi) is 3.62. The summed E-state index contributed by atoms with van der Waals surface area (Å²) in [4.78, 5) is 16.3. The van der Waals surface area contributed by atoms with E-state index in [1.807, 2.05) is 37.3 Å². The standard InChI is InChI=1S/C17H20N2O/c1-11-5-7-12(8-6-11)15-13(16(18)20)9-10-14(19-15)17(2,3)4/h5-10H,1-4H3,(H2,18,20). The van der Waals surface area contributed by atoms with Crippen LogP contribution in [-0.4, -0.2) is 10.9 Å². The number of hydrogen-bond donors (Lipinski definition) is 1. The number of carbonyl (C=O) groups is 1. The average Bonchev–Trinajstić information content (AvgIpc) is 2.37. The summed E-state index contributed by atoms with van der Waals surface area (Å²) < 4.78 is 0. The molecule has 0 bridgehead atoms. The summed E-state index contributed by atoms with van der Waals surface area (Å²) in [6.07, 6.45) is 0. The molecule has 0 aliphatic heterocycles. The van der Waals surface area contributed by atoms with E-state index >= 15 is 0 Å². The molecule has 3 heteroatoms. The third-order valence-corrected chi connectivity index (χ3v) is 3.25. The molecule has 0 aliphatic carbocycles. The summed E-state index contributed by atoms with van der Waals surface area (Å²) >= 11 is 0. The van der Waals surface area contributed by atoms with Gasteiger partial charge < -0.3 is 5.73 Å². The Morgan fingerprint density at radius 3 is 2.15 bits per heavy atom. The van der Waals surface area contributed by atoms with Crippen LogP contribution in [0.1, 0.15) is 42.4 Å². The first-order valence-electron chi connectivity index (χ1n) is 6.67. The lowest BCUT2D eigenvalue weighted by Gasteiger charge is -2.19. The van der Waals surface area contributed by atoms with Crippen molar-refractivity contribution in [1.82, 2.24) is 4.98 Å². The van der Waals surface area contributed by atoms with Gasteiger partial charge in [0.2, 0.25) is 0 Å². The molecule has 1 heterocycles. The van der Waals surface area contributed by atoms with Crippen molar-refractivity contribution in [2.24, 2.45) is 5.73 Å². The average molecular weight is 268 g/mol. The van der Waals surface area contributed by atoms with Gasteiger partial charge in [-0.05, 0) is 19.1 Å². The van der Waals surface area contributed by atoms with E-state index in [-0.39, 0.29) is 5.41 Å². The Morgan fingerprint density at radius 1 is 1.05 bits per heavy atom. The summed E-state index contributed by atoms with van der Waals surface area (Å²) in [5.41, 5.74) is 9.53. The molecule has 0 saturated heterocycles. The number of benzene rings is 1. The van der Waals surface area contributed by atoms with Gasteiger partial charge in [-0.3, -0.25) is 9.78 Å². The number of nitrogens with two attached hydrogens (primary N) is 1. The molecule has 2 rings (SSSR count). The van der Waals surface area contributed by atoms with E-state index in [4.69, 9.17) is 5.73 Å². The van der Waals surface area contributed by atoms with Crippen LogP contribution in [0.2, 0.25) is 0 Å². The van der Waals surface area contributed by atoms with Crippen molar-refractivity contribution in [3.05, 3.63) is 53.2 Å². The Balaban J connectivity index is 2.64. The fraction of sp³-hybridized carbons (Fsp3) is 0.294. The van der Waals surface area contributed by atoms with E-state index in [0.717, 1.165) is 11.3 Å². The van der Waals surface area contributed by atoms with Crippen LogP contribution in [0, 0.1) is 6.92 Å². The lowest BCUT2D eigenvalue weighted by molar-refractivity contribution is 0.100. The molecule has 0 fully saturated rings. The van der Waals surface area contributed by atoms with Gasteiger partial charge in [0.05, 0.1) is 11.3 Å². The van der Waals surface area contributed by atoms with Gasteiger partial charge in [0.1, 0.15) is 0 Å². The van der Waals surface area contributed by atoms with Gasteiger partial charge in [-0.25, -0.2) is 0 Å². The second-order valence-corrected chi connectivity index (χ2v) is 6.07.